The van der Waals surface area contributed by atoms with E-state index in [4.69, 9.17) is 9.47 Å². The Morgan fingerprint density at radius 3 is 1.48 bits per heavy atom. The molecule has 0 aromatic heterocycles. The number of carbonyl (C=O) groups is 2. The second-order valence-electron chi connectivity index (χ2n) is 8.92. The van der Waals surface area contributed by atoms with Crippen LogP contribution in [0.1, 0.15) is 110 Å². The Morgan fingerprint density at radius 2 is 1.06 bits per heavy atom. The van der Waals surface area contributed by atoms with Gasteiger partial charge in [0.25, 0.3) is 0 Å². The van der Waals surface area contributed by atoms with Crippen molar-refractivity contribution in [2.24, 2.45) is 0 Å². The molecule has 1 unspecified atom stereocenters. The molecule has 0 spiro atoms. The molecule has 0 fully saturated rings. The molecule has 0 aliphatic carbocycles. The summed E-state index contributed by atoms with van der Waals surface area (Å²) in [5.74, 6) is -0.626. The lowest BCUT2D eigenvalue weighted by molar-refractivity contribution is -0.152. The fraction of sp³-hybridized carbons (Fsp3) is 0.920. The number of nitrogens with zero attached hydrogens (tertiary/aromatic N) is 1. The second kappa shape index (κ2) is 22.1. The van der Waals surface area contributed by atoms with Crippen LogP contribution < -0.4 is 0 Å². The Labute approximate surface area is 191 Å². The monoisotopic (exact) mass is 443 g/mol. The molecule has 0 aromatic carbocycles. The van der Waals surface area contributed by atoms with Crippen molar-refractivity contribution in [3.63, 3.8) is 0 Å². The predicted octanol–water partition coefficient (Wildman–Crippen LogP) is 5.26. The molecule has 0 amide bonds. The minimum Gasteiger partial charge on any atom is -0.463 e. The summed E-state index contributed by atoms with van der Waals surface area (Å²) in [6.07, 6.45) is 16.9. The van der Waals surface area contributed by atoms with E-state index in [2.05, 4.69) is 6.92 Å². The van der Waals surface area contributed by atoms with Gasteiger partial charge in [0.2, 0.25) is 0 Å². The lowest BCUT2D eigenvalue weighted by atomic mass is 10.0. The Morgan fingerprint density at radius 1 is 0.677 bits per heavy atom. The second-order valence-corrected chi connectivity index (χ2v) is 8.92. The van der Waals surface area contributed by atoms with Crippen LogP contribution in [-0.4, -0.2) is 61.9 Å². The van der Waals surface area contributed by atoms with Crippen LogP contribution in [0.15, 0.2) is 0 Å². The molecule has 0 aromatic rings. The number of aliphatic hydroxyl groups is 1. The number of unbranched alkanes of at least 4 members (excludes halogenated alkanes) is 12. The van der Waals surface area contributed by atoms with Gasteiger partial charge in [-0.15, -0.1) is 0 Å². The third-order valence-electron chi connectivity index (χ3n) is 5.34. The van der Waals surface area contributed by atoms with Crippen molar-refractivity contribution in [1.82, 2.24) is 4.90 Å². The number of rotatable bonds is 22. The van der Waals surface area contributed by atoms with Crippen LogP contribution in [0.4, 0.5) is 0 Å². The van der Waals surface area contributed by atoms with E-state index in [9.17, 15) is 14.7 Å². The Balaban J connectivity index is 3.41. The first kappa shape index (κ1) is 29.9. The normalized spacial score (nSPS) is 12.2. The van der Waals surface area contributed by atoms with Crippen molar-refractivity contribution in [2.45, 2.75) is 116 Å². The van der Waals surface area contributed by atoms with Gasteiger partial charge in [0.15, 0.2) is 0 Å². The number of aliphatic hydroxyl groups excluding tert-OH is 1. The first-order valence-corrected chi connectivity index (χ1v) is 12.6. The van der Waals surface area contributed by atoms with E-state index in [1.54, 1.807) is 0 Å². The topological polar surface area (TPSA) is 76.1 Å². The highest BCUT2D eigenvalue weighted by Crippen LogP contribution is 2.13. The van der Waals surface area contributed by atoms with Gasteiger partial charge in [-0.25, -0.2) is 0 Å². The summed E-state index contributed by atoms with van der Waals surface area (Å²) in [6, 6.07) is 0. The first-order chi connectivity index (χ1) is 15.0. The summed E-state index contributed by atoms with van der Waals surface area (Å²) in [6.45, 7) is 2.81. The van der Waals surface area contributed by atoms with E-state index in [-0.39, 0.29) is 25.2 Å². The van der Waals surface area contributed by atoms with Crippen molar-refractivity contribution in [1.29, 1.82) is 0 Å². The molecule has 31 heavy (non-hydrogen) atoms. The van der Waals surface area contributed by atoms with Crippen molar-refractivity contribution >= 4 is 11.9 Å². The molecule has 6 nitrogen and oxygen atoms in total. The molecular formula is C25H49NO5. The van der Waals surface area contributed by atoms with Crippen LogP contribution in [-0.2, 0) is 19.1 Å². The number of hydrogen-bond acceptors (Lipinski definition) is 6. The Hall–Kier alpha value is -1.14. The van der Waals surface area contributed by atoms with E-state index < -0.39 is 6.10 Å². The van der Waals surface area contributed by atoms with Crippen molar-refractivity contribution in [3.8, 4) is 0 Å². The van der Waals surface area contributed by atoms with Crippen LogP contribution in [0, 0.1) is 0 Å². The molecule has 0 radical (unpaired) electrons. The van der Waals surface area contributed by atoms with Gasteiger partial charge in [-0.1, -0.05) is 84.0 Å². The van der Waals surface area contributed by atoms with Crippen molar-refractivity contribution in [2.75, 3.05) is 33.9 Å². The molecule has 0 saturated heterocycles. The summed E-state index contributed by atoms with van der Waals surface area (Å²) in [7, 11) is 3.89. The van der Waals surface area contributed by atoms with Crippen LogP contribution in [0.25, 0.3) is 0 Å². The molecule has 1 atom stereocenters. The zero-order valence-electron chi connectivity index (χ0n) is 20.5. The van der Waals surface area contributed by atoms with Gasteiger partial charge < -0.3 is 19.5 Å². The summed E-state index contributed by atoms with van der Waals surface area (Å²) in [5.41, 5.74) is 0. The Bertz CT molecular complexity index is 428. The van der Waals surface area contributed by atoms with Gasteiger partial charge in [0.1, 0.15) is 19.3 Å². The first-order valence-electron chi connectivity index (χ1n) is 12.6. The molecule has 0 heterocycles. The van der Waals surface area contributed by atoms with Gasteiger partial charge in [-0.2, -0.15) is 0 Å². The zero-order valence-corrected chi connectivity index (χ0v) is 20.5. The lowest BCUT2D eigenvalue weighted by Crippen LogP contribution is -2.25. The minimum atomic E-state index is -0.964. The van der Waals surface area contributed by atoms with Gasteiger partial charge in [-0.3, -0.25) is 9.59 Å². The fourth-order valence-corrected chi connectivity index (χ4v) is 3.40. The number of ether oxygens (including phenoxy) is 2. The molecule has 1 N–H and O–H groups in total. The molecule has 0 rings (SSSR count). The van der Waals surface area contributed by atoms with E-state index in [0.717, 1.165) is 32.2 Å². The zero-order chi connectivity index (χ0) is 23.2. The van der Waals surface area contributed by atoms with E-state index >= 15 is 0 Å². The molecular weight excluding hydrogens is 394 g/mol. The van der Waals surface area contributed by atoms with Crippen molar-refractivity contribution < 1.29 is 24.2 Å². The molecule has 6 heteroatoms. The quantitative estimate of drug-likeness (QED) is 0.182. The van der Waals surface area contributed by atoms with Crippen LogP contribution >= 0.6 is 0 Å². The standard InChI is InChI=1S/C25H49NO5/c1-4-5-6-7-8-9-10-11-12-13-14-15-16-18-24(28)30-21-23(27)22-31-25(29)19-17-20-26(2)3/h23,27H,4-22H2,1-3H3. The predicted molar refractivity (Wildman–Crippen MR) is 126 cm³/mol. The van der Waals surface area contributed by atoms with Gasteiger partial charge in [-0.05, 0) is 33.5 Å². The Kier molecular flexibility index (Phi) is 21.3. The maximum Gasteiger partial charge on any atom is 0.305 e. The highest BCUT2D eigenvalue weighted by Gasteiger charge is 2.12. The highest BCUT2D eigenvalue weighted by molar-refractivity contribution is 5.69. The van der Waals surface area contributed by atoms with E-state index in [0.29, 0.717) is 12.8 Å². The summed E-state index contributed by atoms with van der Waals surface area (Å²) in [4.78, 5) is 25.3. The van der Waals surface area contributed by atoms with E-state index in [1.165, 1.54) is 64.2 Å². The largest absolute Gasteiger partial charge is 0.463 e. The highest BCUT2D eigenvalue weighted by atomic mass is 16.6. The van der Waals surface area contributed by atoms with Crippen LogP contribution in [0.5, 0.6) is 0 Å². The summed E-state index contributed by atoms with van der Waals surface area (Å²) in [5, 5.41) is 9.78. The van der Waals surface area contributed by atoms with Gasteiger partial charge in [0, 0.05) is 12.8 Å². The molecule has 0 saturated carbocycles. The van der Waals surface area contributed by atoms with Crippen LogP contribution in [0.2, 0.25) is 0 Å². The summed E-state index contributed by atoms with van der Waals surface area (Å²) >= 11 is 0. The van der Waals surface area contributed by atoms with Gasteiger partial charge >= 0.3 is 11.9 Å². The smallest absolute Gasteiger partial charge is 0.305 e. The van der Waals surface area contributed by atoms with Gasteiger partial charge in [0.05, 0.1) is 0 Å². The SMILES string of the molecule is CCCCCCCCCCCCCCCC(=O)OCC(O)COC(=O)CCCN(C)C. The lowest BCUT2D eigenvalue weighted by Gasteiger charge is -2.13. The third-order valence-corrected chi connectivity index (χ3v) is 5.34. The average molecular weight is 444 g/mol. The maximum atomic E-state index is 11.7. The molecule has 0 aliphatic rings. The molecule has 184 valence electrons. The molecule has 0 bridgehead atoms. The fourth-order valence-electron chi connectivity index (χ4n) is 3.40. The summed E-state index contributed by atoms with van der Waals surface area (Å²) < 4.78 is 10.1. The van der Waals surface area contributed by atoms with E-state index in [1.807, 2.05) is 19.0 Å². The number of carbonyl (C=O) groups excluding carboxylic acids is 2. The number of hydrogen-bond donors (Lipinski definition) is 1. The number of esters is 2. The van der Waals surface area contributed by atoms with Crippen LogP contribution in [0.3, 0.4) is 0 Å². The minimum absolute atomic E-state index is 0.123. The maximum absolute atomic E-state index is 11.7. The third kappa shape index (κ3) is 23.4. The molecule has 0 aliphatic heterocycles. The average Bonchev–Trinajstić information content (AvgIpc) is 2.73. The van der Waals surface area contributed by atoms with Crippen molar-refractivity contribution in [3.05, 3.63) is 0 Å².